The van der Waals surface area contributed by atoms with Crippen LogP contribution < -0.4 is 0 Å². The second-order valence-electron chi connectivity index (χ2n) is 6.96. The first-order chi connectivity index (χ1) is 10.8. The number of halogens is 2. The molecule has 0 spiro atoms. The summed E-state index contributed by atoms with van der Waals surface area (Å²) in [5, 5.41) is 0. The molecule has 6 heteroatoms. The Labute approximate surface area is 134 Å². The second kappa shape index (κ2) is 5.92. The van der Waals surface area contributed by atoms with Gasteiger partial charge in [-0.1, -0.05) is 20.8 Å². The van der Waals surface area contributed by atoms with E-state index in [1.807, 2.05) is 11.1 Å². The molecule has 1 aliphatic heterocycles. The molecule has 4 nitrogen and oxygen atoms in total. The maximum Gasteiger partial charge on any atom is 0.148 e. The molecule has 0 aromatic carbocycles. The largest absolute Gasteiger partial charge is 0.294 e. The molecule has 2 aromatic rings. The smallest absolute Gasteiger partial charge is 0.148 e. The minimum Gasteiger partial charge on any atom is -0.294 e. The van der Waals surface area contributed by atoms with E-state index in [2.05, 4.69) is 35.7 Å². The van der Waals surface area contributed by atoms with Crippen LogP contribution in [0.4, 0.5) is 8.78 Å². The number of aromatic nitrogens is 3. The molecule has 0 bridgehead atoms. The Morgan fingerprint density at radius 1 is 1.13 bits per heavy atom. The lowest BCUT2D eigenvalue weighted by Crippen LogP contribution is -2.32. The Morgan fingerprint density at radius 2 is 1.83 bits per heavy atom. The molecule has 0 saturated carbocycles. The Kier molecular flexibility index (Phi) is 4.10. The van der Waals surface area contributed by atoms with Crippen molar-refractivity contribution in [1.82, 2.24) is 19.9 Å². The molecule has 122 valence electrons. The zero-order valence-electron chi connectivity index (χ0n) is 13.6. The molecule has 0 amide bonds. The standard InChI is InChI=1S/C17H20F2N4/c1-17(2,3)16-21-6-11-9-23(5-4-15(11)22-16)10-12-13(18)7-20-8-14(12)19/h6-8H,4-5,9-10H2,1-3H3. The summed E-state index contributed by atoms with van der Waals surface area (Å²) >= 11 is 0. The van der Waals surface area contributed by atoms with Gasteiger partial charge in [0, 0.05) is 54.5 Å². The van der Waals surface area contributed by atoms with E-state index in [9.17, 15) is 8.78 Å². The molecule has 0 unspecified atom stereocenters. The first-order valence-electron chi connectivity index (χ1n) is 7.70. The third kappa shape index (κ3) is 3.37. The highest BCUT2D eigenvalue weighted by Gasteiger charge is 2.24. The first-order valence-corrected chi connectivity index (χ1v) is 7.70. The SMILES string of the molecule is CC(C)(C)c1ncc2c(n1)CCN(Cc1c(F)cncc1F)C2. The summed E-state index contributed by atoms with van der Waals surface area (Å²) in [6.45, 7) is 7.78. The molecule has 0 atom stereocenters. The van der Waals surface area contributed by atoms with Gasteiger partial charge in [0.25, 0.3) is 0 Å². The van der Waals surface area contributed by atoms with Crippen LogP contribution in [0.2, 0.25) is 0 Å². The predicted molar refractivity (Wildman–Crippen MR) is 82.7 cm³/mol. The molecule has 0 radical (unpaired) electrons. The van der Waals surface area contributed by atoms with Crippen LogP contribution in [0.5, 0.6) is 0 Å². The summed E-state index contributed by atoms with van der Waals surface area (Å²) in [4.78, 5) is 14.6. The topological polar surface area (TPSA) is 41.9 Å². The van der Waals surface area contributed by atoms with E-state index < -0.39 is 11.6 Å². The van der Waals surface area contributed by atoms with Gasteiger partial charge < -0.3 is 0 Å². The molecule has 0 N–H and O–H groups in total. The summed E-state index contributed by atoms with van der Waals surface area (Å²) in [7, 11) is 0. The maximum absolute atomic E-state index is 13.7. The van der Waals surface area contributed by atoms with Crippen molar-refractivity contribution in [2.75, 3.05) is 6.54 Å². The van der Waals surface area contributed by atoms with E-state index >= 15 is 0 Å². The lowest BCUT2D eigenvalue weighted by atomic mass is 9.95. The Hall–Kier alpha value is -1.95. The number of hydrogen-bond donors (Lipinski definition) is 0. The average molecular weight is 318 g/mol. The maximum atomic E-state index is 13.7. The van der Waals surface area contributed by atoms with Crippen LogP contribution >= 0.6 is 0 Å². The summed E-state index contributed by atoms with van der Waals surface area (Å²) in [6, 6.07) is 0. The minimum absolute atomic E-state index is 0.0654. The van der Waals surface area contributed by atoms with Crippen LogP contribution in [0.1, 0.15) is 43.4 Å². The molecular formula is C17H20F2N4. The van der Waals surface area contributed by atoms with Crippen molar-refractivity contribution in [1.29, 1.82) is 0 Å². The van der Waals surface area contributed by atoms with Crippen molar-refractivity contribution in [3.8, 4) is 0 Å². The van der Waals surface area contributed by atoms with Crippen molar-refractivity contribution in [2.24, 2.45) is 0 Å². The Morgan fingerprint density at radius 3 is 2.48 bits per heavy atom. The van der Waals surface area contributed by atoms with E-state index in [1.54, 1.807) is 0 Å². The molecule has 0 fully saturated rings. The average Bonchev–Trinajstić information content (AvgIpc) is 2.49. The Balaban J connectivity index is 1.79. The number of nitrogens with zero attached hydrogens (tertiary/aromatic N) is 4. The number of hydrogen-bond acceptors (Lipinski definition) is 4. The molecule has 3 heterocycles. The van der Waals surface area contributed by atoms with Gasteiger partial charge in [0.1, 0.15) is 17.5 Å². The van der Waals surface area contributed by atoms with Gasteiger partial charge >= 0.3 is 0 Å². The van der Waals surface area contributed by atoms with E-state index in [0.29, 0.717) is 6.54 Å². The summed E-state index contributed by atoms with van der Waals surface area (Å²) < 4.78 is 27.5. The molecule has 23 heavy (non-hydrogen) atoms. The summed E-state index contributed by atoms with van der Waals surface area (Å²) in [5.74, 6) is -0.374. The fourth-order valence-corrected chi connectivity index (χ4v) is 2.68. The summed E-state index contributed by atoms with van der Waals surface area (Å²) in [6.07, 6.45) is 4.70. The minimum atomic E-state index is -0.602. The molecular weight excluding hydrogens is 298 g/mol. The molecule has 2 aromatic heterocycles. The van der Waals surface area contributed by atoms with E-state index in [1.165, 1.54) is 0 Å². The van der Waals surface area contributed by atoms with Crippen molar-refractivity contribution < 1.29 is 8.78 Å². The highest BCUT2D eigenvalue weighted by molar-refractivity contribution is 5.23. The van der Waals surface area contributed by atoms with Crippen LogP contribution in [-0.2, 0) is 24.9 Å². The fraction of sp³-hybridized carbons (Fsp3) is 0.471. The van der Waals surface area contributed by atoms with Crippen LogP contribution in [0, 0.1) is 11.6 Å². The van der Waals surface area contributed by atoms with Crippen LogP contribution in [-0.4, -0.2) is 26.4 Å². The normalized spacial score (nSPS) is 15.5. The lowest BCUT2D eigenvalue weighted by molar-refractivity contribution is 0.235. The van der Waals surface area contributed by atoms with Crippen LogP contribution in [0.25, 0.3) is 0 Å². The second-order valence-corrected chi connectivity index (χ2v) is 6.96. The third-order valence-electron chi connectivity index (χ3n) is 4.02. The quantitative estimate of drug-likeness (QED) is 0.853. The molecule has 1 aliphatic rings. The van der Waals surface area contributed by atoms with Crippen molar-refractivity contribution in [2.45, 2.75) is 45.7 Å². The van der Waals surface area contributed by atoms with E-state index in [4.69, 9.17) is 0 Å². The van der Waals surface area contributed by atoms with Gasteiger partial charge in [0.05, 0.1) is 12.4 Å². The van der Waals surface area contributed by atoms with Crippen LogP contribution in [0.3, 0.4) is 0 Å². The highest BCUT2D eigenvalue weighted by Crippen LogP contribution is 2.24. The van der Waals surface area contributed by atoms with Crippen molar-refractivity contribution in [3.05, 3.63) is 52.9 Å². The van der Waals surface area contributed by atoms with Crippen molar-refractivity contribution in [3.63, 3.8) is 0 Å². The van der Waals surface area contributed by atoms with Gasteiger partial charge in [-0.2, -0.15) is 0 Å². The Bertz CT molecular complexity index is 705. The zero-order valence-corrected chi connectivity index (χ0v) is 13.6. The summed E-state index contributed by atoms with van der Waals surface area (Å²) in [5.41, 5.74) is 2.04. The number of fused-ring (bicyclic) bond motifs is 1. The third-order valence-corrected chi connectivity index (χ3v) is 4.02. The zero-order chi connectivity index (χ0) is 16.6. The number of pyridine rings is 1. The predicted octanol–water partition coefficient (Wildman–Crippen LogP) is 3.01. The fourth-order valence-electron chi connectivity index (χ4n) is 2.68. The molecule has 3 rings (SSSR count). The van der Waals surface area contributed by atoms with Gasteiger partial charge in [0.15, 0.2) is 0 Å². The van der Waals surface area contributed by atoms with Crippen molar-refractivity contribution >= 4 is 0 Å². The monoisotopic (exact) mass is 318 g/mol. The van der Waals surface area contributed by atoms with Crippen LogP contribution in [0.15, 0.2) is 18.6 Å². The van der Waals surface area contributed by atoms with E-state index in [0.717, 1.165) is 42.4 Å². The van der Waals surface area contributed by atoms with E-state index in [-0.39, 0.29) is 17.5 Å². The van der Waals surface area contributed by atoms with Gasteiger partial charge in [-0.05, 0) is 0 Å². The van der Waals surface area contributed by atoms with Gasteiger partial charge in [-0.25, -0.2) is 18.7 Å². The van der Waals surface area contributed by atoms with Gasteiger partial charge in [-0.3, -0.25) is 9.88 Å². The molecule has 0 aliphatic carbocycles. The first kappa shape index (κ1) is 15.9. The van der Waals surface area contributed by atoms with Gasteiger partial charge in [-0.15, -0.1) is 0 Å². The number of rotatable bonds is 2. The molecule has 0 saturated heterocycles. The highest BCUT2D eigenvalue weighted by atomic mass is 19.1. The lowest BCUT2D eigenvalue weighted by Gasteiger charge is -2.29. The van der Waals surface area contributed by atoms with Gasteiger partial charge in [0.2, 0.25) is 0 Å².